The molecule has 0 spiro atoms. The summed E-state index contributed by atoms with van der Waals surface area (Å²) in [6.45, 7) is 5.23. The number of amides is 2. The van der Waals surface area contributed by atoms with Crippen molar-refractivity contribution in [3.8, 4) is 0 Å². The first kappa shape index (κ1) is 26.7. The topological polar surface area (TPSA) is 58.2 Å². The molecule has 0 saturated heterocycles. The first-order chi connectivity index (χ1) is 15.2. The molecular weight excluding hydrogens is 628 g/mol. The van der Waals surface area contributed by atoms with Crippen LogP contribution in [0, 0.1) is 5.92 Å². The van der Waals surface area contributed by atoms with Crippen molar-refractivity contribution in [3.63, 3.8) is 0 Å². The van der Waals surface area contributed by atoms with Crippen LogP contribution in [0.1, 0.15) is 31.2 Å². The number of carbonyl (C=O) groups is 2. The predicted octanol–water partition coefficient (Wildman–Crippen LogP) is 6.71. The molecule has 0 radical (unpaired) electrons. The van der Waals surface area contributed by atoms with Crippen LogP contribution in [0.5, 0.6) is 0 Å². The van der Waals surface area contributed by atoms with Gasteiger partial charge in [-0.25, -0.2) is 8.78 Å². The van der Waals surface area contributed by atoms with Gasteiger partial charge in [0.15, 0.2) is 0 Å². The van der Waals surface area contributed by atoms with Gasteiger partial charge < -0.3 is 10.6 Å². The van der Waals surface area contributed by atoms with Gasteiger partial charge in [-0.2, -0.15) is 0 Å². The third-order valence-electron chi connectivity index (χ3n) is 5.42. The summed E-state index contributed by atoms with van der Waals surface area (Å²) in [6.07, 6.45) is 2.04. The molecule has 1 aromatic carbocycles. The van der Waals surface area contributed by atoms with Crippen molar-refractivity contribution in [1.82, 2.24) is 10.6 Å². The van der Waals surface area contributed by atoms with Crippen LogP contribution in [0.4, 0.5) is 8.78 Å². The Balaban J connectivity index is 1.57. The average Bonchev–Trinajstić information content (AvgIpc) is 3.25. The molecule has 1 aromatic rings. The van der Waals surface area contributed by atoms with Crippen LogP contribution >= 0.6 is 66.7 Å². The molecule has 2 N–H and O–H groups in total. The van der Waals surface area contributed by atoms with E-state index in [-0.39, 0.29) is 29.1 Å². The second-order valence-corrected chi connectivity index (χ2v) is 11.8. The molecule has 2 aliphatic rings. The Morgan fingerprint density at radius 1 is 1.15 bits per heavy atom. The lowest BCUT2D eigenvalue weighted by Gasteiger charge is -2.35. The number of rotatable bonds is 7. The van der Waals surface area contributed by atoms with Crippen LogP contribution in [0.2, 0.25) is 0 Å². The molecule has 0 aromatic heterocycles. The van der Waals surface area contributed by atoms with Crippen LogP contribution in [-0.4, -0.2) is 28.1 Å². The van der Waals surface area contributed by atoms with Gasteiger partial charge in [0.05, 0.1) is 5.92 Å². The molecule has 0 aliphatic heterocycles. The maximum absolute atomic E-state index is 12.9. The van der Waals surface area contributed by atoms with E-state index < -0.39 is 39.9 Å². The van der Waals surface area contributed by atoms with Gasteiger partial charge in [0.1, 0.15) is 4.33 Å². The number of benzene rings is 1. The zero-order valence-electron chi connectivity index (χ0n) is 17.2. The number of hydrogen-bond acceptors (Lipinski definition) is 2. The second-order valence-electron chi connectivity index (χ2n) is 8.09. The number of carbonyl (C=O) groups excluding carboxylic acids is 2. The third-order valence-corrected chi connectivity index (χ3v) is 7.68. The molecule has 178 valence electrons. The maximum Gasteiger partial charge on any atom is 0.252 e. The zero-order chi connectivity index (χ0) is 24.7. The number of alkyl halides is 4. The SMILES string of the molecule is C=C(/C=C\C(Cl)=C(/C)C(=O)NC1CC(F)(F)C1)NC(=O)C1C(c2cc(Br)cc(Br)c2)C1(Cl)Cl. The number of nitrogens with one attached hydrogen (secondary N) is 2. The van der Waals surface area contributed by atoms with Gasteiger partial charge in [-0.15, -0.1) is 23.2 Å². The van der Waals surface area contributed by atoms with Crippen LogP contribution in [0.15, 0.2) is 62.2 Å². The summed E-state index contributed by atoms with van der Waals surface area (Å²) < 4.78 is 26.2. The Hall–Kier alpha value is -0.930. The highest BCUT2D eigenvalue weighted by Gasteiger charge is 2.67. The van der Waals surface area contributed by atoms with Crippen molar-refractivity contribution in [2.24, 2.45) is 5.92 Å². The van der Waals surface area contributed by atoms with E-state index in [1.54, 1.807) is 0 Å². The highest BCUT2D eigenvalue weighted by Crippen LogP contribution is 2.65. The fourth-order valence-corrected chi connectivity index (χ4v) is 5.87. The summed E-state index contributed by atoms with van der Waals surface area (Å²) in [7, 11) is 0. The summed E-state index contributed by atoms with van der Waals surface area (Å²) in [5, 5.41) is 5.23. The number of hydrogen-bond donors (Lipinski definition) is 2. The monoisotopic (exact) mass is 644 g/mol. The molecule has 4 nitrogen and oxygen atoms in total. The first-order valence-corrected chi connectivity index (χ1v) is 12.5. The molecule has 2 aliphatic carbocycles. The molecule has 2 unspecified atom stereocenters. The zero-order valence-corrected chi connectivity index (χ0v) is 22.6. The van der Waals surface area contributed by atoms with Crippen molar-refractivity contribution in [2.45, 2.75) is 42.0 Å². The van der Waals surface area contributed by atoms with Gasteiger partial charge >= 0.3 is 0 Å². The lowest BCUT2D eigenvalue weighted by Crippen LogP contribution is -2.50. The van der Waals surface area contributed by atoms with Gasteiger partial charge in [-0.3, -0.25) is 9.59 Å². The lowest BCUT2D eigenvalue weighted by molar-refractivity contribution is -0.126. The van der Waals surface area contributed by atoms with E-state index in [1.807, 2.05) is 18.2 Å². The fraction of sp³-hybridized carbons (Fsp3) is 0.364. The normalized spacial score (nSPS) is 24.0. The van der Waals surface area contributed by atoms with Crippen LogP contribution < -0.4 is 10.6 Å². The van der Waals surface area contributed by atoms with Crippen molar-refractivity contribution < 1.29 is 18.4 Å². The molecule has 3 rings (SSSR count). The highest BCUT2D eigenvalue weighted by atomic mass is 79.9. The molecule has 11 heteroatoms. The molecular formula is C22H19Br2Cl3F2N2O2. The Morgan fingerprint density at radius 3 is 2.27 bits per heavy atom. The third kappa shape index (κ3) is 6.40. The number of halogens is 7. The molecule has 0 heterocycles. The summed E-state index contributed by atoms with van der Waals surface area (Å²) in [5.74, 6) is -4.76. The van der Waals surface area contributed by atoms with Gasteiger partial charge in [-0.1, -0.05) is 50.0 Å². The van der Waals surface area contributed by atoms with Crippen molar-refractivity contribution in [1.29, 1.82) is 0 Å². The Kier molecular flexibility index (Phi) is 8.06. The van der Waals surface area contributed by atoms with Crippen LogP contribution in [0.3, 0.4) is 0 Å². The second kappa shape index (κ2) is 9.97. The number of allylic oxidation sites excluding steroid dienone is 3. The Bertz CT molecular complexity index is 1050. The molecule has 0 bridgehead atoms. The summed E-state index contributed by atoms with van der Waals surface area (Å²) >= 11 is 25.7. The molecule has 2 amide bonds. The fourth-order valence-electron chi connectivity index (χ4n) is 3.56. The average molecular weight is 648 g/mol. The van der Waals surface area contributed by atoms with E-state index in [0.29, 0.717) is 0 Å². The van der Waals surface area contributed by atoms with Gasteiger partial charge in [0.25, 0.3) is 5.92 Å². The largest absolute Gasteiger partial charge is 0.349 e. The van der Waals surface area contributed by atoms with E-state index in [0.717, 1.165) is 14.5 Å². The van der Waals surface area contributed by atoms with E-state index in [4.69, 9.17) is 34.8 Å². The standard InChI is InChI=1S/C22H19Br2Cl3F2N2O2/c1-10(3-4-16(25)11(2)19(32)31-15-8-21(28,29)9-15)30-20(33)18-17(22(18,26)27)12-5-13(23)7-14(24)6-12/h3-7,15,17-18H,1,8-9H2,2H3,(H,30,33)(H,31,32)/b4-3-,16-11-. The quantitative estimate of drug-likeness (QED) is 0.197. The molecule has 2 saturated carbocycles. The van der Waals surface area contributed by atoms with Crippen LogP contribution in [0.25, 0.3) is 0 Å². The van der Waals surface area contributed by atoms with E-state index in [2.05, 4.69) is 49.1 Å². The minimum Gasteiger partial charge on any atom is -0.349 e. The predicted molar refractivity (Wildman–Crippen MR) is 134 cm³/mol. The minimum absolute atomic E-state index is 0.0845. The van der Waals surface area contributed by atoms with Crippen LogP contribution in [-0.2, 0) is 9.59 Å². The smallest absolute Gasteiger partial charge is 0.252 e. The summed E-state index contributed by atoms with van der Waals surface area (Å²) in [5.41, 5.74) is 1.18. The van der Waals surface area contributed by atoms with Gasteiger partial charge in [-0.05, 0) is 42.8 Å². The first-order valence-electron chi connectivity index (χ1n) is 9.78. The van der Waals surface area contributed by atoms with Gasteiger partial charge in [0.2, 0.25) is 11.8 Å². The lowest BCUT2D eigenvalue weighted by atomic mass is 9.88. The minimum atomic E-state index is -2.73. The van der Waals surface area contributed by atoms with E-state index in [1.165, 1.54) is 19.1 Å². The molecule has 2 atom stereocenters. The van der Waals surface area contributed by atoms with Crippen molar-refractivity contribution >= 4 is 78.5 Å². The van der Waals surface area contributed by atoms with Crippen molar-refractivity contribution in [3.05, 3.63) is 67.7 Å². The van der Waals surface area contributed by atoms with Gasteiger partial charge in [0, 0.05) is 50.0 Å². The summed E-state index contributed by atoms with van der Waals surface area (Å²) in [6, 6.07) is 4.98. The molecule has 33 heavy (non-hydrogen) atoms. The van der Waals surface area contributed by atoms with E-state index >= 15 is 0 Å². The van der Waals surface area contributed by atoms with E-state index in [9.17, 15) is 18.4 Å². The highest BCUT2D eigenvalue weighted by molar-refractivity contribution is 9.11. The Morgan fingerprint density at radius 2 is 1.73 bits per heavy atom. The summed E-state index contributed by atoms with van der Waals surface area (Å²) in [4.78, 5) is 24.9. The van der Waals surface area contributed by atoms with Crippen molar-refractivity contribution in [2.75, 3.05) is 0 Å². The molecule has 2 fully saturated rings. The Labute approximate surface area is 222 Å². The maximum atomic E-state index is 12.9.